The van der Waals surface area contributed by atoms with Gasteiger partial charge in [0.05, 0.1) is 6.10 Å². The molecule has 76 valence electrons. The van der Waals surface area contributed by atoms with Crippen molar-refractivity contribution in [2.75, 3.05) is 6.54 Å². The molecule has 2 N–H and O–H groups in total. The molecule has 14 heavy (non-hydrogen) atoms. The van der Waals surface area contributed by atoms with Crippen LogP contribution in [0.2, 0.25) is 0 Å². The Hall–Kier alpha value is -0.940. The number of halogens is 1. The third kappa shape index (κ3) is 3.43. The fraction of sp³-hybridized carbons (Fsp3) is 0.333. The maximum absolute atomic E-state index is 11.4. The molecule has 1 atom stereocenters. The van der Waals surface area contributed by atoms with Crippen LogP contribution >= 0.6 is 15.9 Å². The lowest BCUT2D eigenvalue weighted by Gasteiger charge is -2.06. The number of hydrogen-bond acceptors (Lipinski definition) is 3. The Labute approximate surface area is 90.5 Å². The van der Waals surface area contributed by atoms with Gasteiger partial charge in [-0.05, 0) is 35.0 Å². The van der Waals surface area contributed by atoms with Crippen molar-refractivity contribution < 1.29 is 9.90 Å². The molecule has 1 aromatic heterocycles. The van der Waals surface area contributed by atoms with Gasteiger partial charge in [0.25, 0.3) is 5.91 Å². The van der Waals surface area contributed by atoms with Crippen LogP contribution in [0, 0.1) is 0 Å². The Balaban J connectivity index is 2.61. The molecule has 5 heteroatoms. The summed E-state index contributed by atoms with van der Waals surface area (Å²) >= 11 is 3.17. The number of carbonyl (C=O) groups is 1. The average Bonchev–Trinajstić information content (AvgIpc) is 2.14. The lowest BCUT2D eigenvalue weighted by Crippen LogP contribution is -2.31. The van der Waals surface area contributed by atoms with Crippen molar-refractivity contribution >= 4 is 21.8 Å². The predicted octanol–water partition coefficient (Wildman–Crippen LogP) is 0.955. The third-order valence-corrected chi connectivity index (χ3v) is 1.95. The largest absolute Gasteiger partial charge is 0.392 e. The van der Waals surface area contributed by atoms with Crippen molar-refractivity contribution in [3.63, 3.8) is 0 Å². The zero-order valence-corrected chi connectivity index (χ0v) is 9.28. The van der Waals surface area contributed by atoms with Crippen LogP contribution in [0.5, 0.6) is 0 Å². The highest BCUT2D eigenvalue weighted by Crippen LogP contribution is 2.05. The Morgan fingerprint density at radius 1 is 1.71 bits per heavy atom. The van der Waals surface area contributed by atoms with Crippen LogP contribution in [0.25, 0.3) is 0 Å². The highest BCUT2D eigenvalue weighted by Gasteiger charge is 2.07. The highest BCUT2D eigenvalue weighted by molar-refractivity contribution is 9.10. The van der Waals surface area contributed by atoms with Crippen LogP contribution < -0.4 is 5.32 Å². The molecule has 0 radical (unpaired) electrons. The lowest BCUT2D eigenvalue weighted by molar-refractivity contribution is 0.0919. The summed E-state index contributed by atoms with van der Waals surface area (Å²) in [5.41, 5.74) is 0.333. The van der Waals surface area contributed by atoms with Crippen LogP contribution in [0.4, 0.5) is 0 Å². The van der Waals surface area contributed by atoms with Crippen LogP contribution in [0.15, 0.2) is 22.8 Å². The van der Waals surface area contributed by atoms with Crippen molar-refractivity contribution in [3.8, 4) is 0 Å². The standard InChI is InChI=1S/C9H11BrN2O2/c1-6(13)5-11-9(14)7-3-2-4-8(10)12-7/h2-4,6,13H,5H2,1H3,(H,11,14)/t6-/m1/s1. The van der Waals surface area contributed by atoms with E-state index in [0.29, 0.717) is 10.3 Å². The van der Waals surface area contributed by atoms with Crippen LogP contribution in [0.3, 0.4) is 0 Å². The number of amides is 1. The van der Waals surface area contributed by atoms with Gasteiger partial charge in [-0.1, -0.05) is 6.07 Å². The number of aromatic nitrogens is 1. The summed E-state index contributed by atoms with van der Waals surface area (Å²) in [6, 6.07) is 5.09. The van der Waals surface area contributed by atoms with Gasteiger partial charge in [-0.25, -0.2) is 4.98 Å². The van der Waals surface area contributed by atoms with Crippen LogP contribution in [-0.4, -0.2) is 28.6 Å². The quantitative estimate of drug-likeness (QED) is 0.794. The molecule has 1 aromatic rings. The first-order chi connectivity index (χ1) is 6.59. The second kappa shape index (κ2) is 5.07. The average molecular weight is 259 g/mol. The smallest absolute Gasteiger partial charge is 0.270 e. The molecule has 0 saturated heterocycles. The molecule has 1 rings (SSSR count). The van der Waals surface area contributed by atoms with Crippen LogP contribution in [-0.2, 0) is 0 Å². The van der Waals surface area contributed by atoms with E-state index >= 15 is 0 Å². The number of aliphatic hydroxyl groups excluding tert-OH is 1. The van der Waals surface area contributed by atoms with E-state index < -0.39 is 6.10 Å². The molecule has 0 aliphatic rings. The lowest BCUT2D eigenvalue weighted by atomic mass is 10.3. The third-order valence-electron chi connectivity index (χ3n) is 1.51. The SMILES string of the molecule is C[C@@H](O)CNC(=O)c1cccc(Br)n1. The molecule has 0 aromatic carbocycles. The van der Waals surface area contributed by atoms with Crippen molar-refractivity contribution in [3.05, 3.63) is 28.5 Å². The van der Waals surface area contributed by atoms with E-state index in [1.165, 1.54) is 0 Å². The van der Waals surface area contributed by atoms with Crippen molar-refractivity contribution in [1.82, 2.24) is 10.3 Å². The van der Waals surface area contributed by atoms with E-state index in [0.717, 1.165) is 0 Å². The number of aliphatic hydroxyl groups is 1. The van der Waals surface area contributed by atoms with E-state index in [9.17, 15) is 4.79 Å². The molecule has 0 bridgehead atoms. The van der Waals surface area contributed by atoms with Gasteiger partial charge in [0.1, 0.15) is 10.3 Å². The summed E-state index contributed by atoms with van der Waals surface area (Å²) in [4.78, 5) is 15.4. The Kier molecular flexibility index (Phi) is 4.03. The van der Waals surface area contributed by atoms with E-state index in [1.807, 2.05) is 0 Å². The first kappa shape index (κ1) is 11.1. The summed E-state index contributed by atoms with van der Waals surface area (Å²) in [5.74, 6) is -0.285. The maximum atomic E-state index is 11.4. The van der Waals surface area contributed by atoms with Gasteiger partial charge in [0, 0.05) is 6.54 Å². The van der Waals surface area contributed by atoms with Gasteiger partial charge < -0.3 is 10.4 Å². The van der Waals surface area contributed by atoms with E-state index in [2.05, 4.69) is 26.2 Å². The van der Waals surface area contributed by atoms with Gasteiger partial charge in [-0.3, -0.25) is 4.79 Å². The second-order valence-electron chi connectivity index (χ2n) is 2.90. The molecule has 0 unspecified atom stereocenters. The topological polar surface area (TPSA) is 62.2 Å². The normalized spacial score (nSPS) is 12.2. The van der Waals surface area contributed by atoms with Gasteiger partial charge in [-0.2, -0.15) is 0 Å². The minimum Gasteiger partial charge on any atom is -0.392 e. The van der Waals surface area contributed by atoms with Crippen molar-refractivity contribution in [2.45, 2.75) is 13.0 Å². The minimum absolute atomic E-state index is 0.229. The number of nitrogens with one attached hydrogen (secondary N) is 1. The summed E-state index contributed by atoms with van der Waals surface area (Å²) in [6.45, 7) is 1.83. The summed E-state index contributed by atoms with van der Waals surface area (Å²) < 4.78 is 0.613. The molecule has 1 amide bonds. The number of pyridine rings is 1. The monoisotopic (exact) mass is 258 g/mol. The fourth-order valence-electron chi connectivity index (χ4n) is 0.866. The predicted molar refractivity (Wildman–Crippen MR) is 56.0 cm³/mol. The number of hydrogen-bond donors (Lipinski definition) is 2. The number of carbonyl (C=O) groups excluding carboxylic acids is 1. The zero-order valence-electron chi connectivity index (χ0n) is 7.70. The molecule has 4 nitrogen and oxygen atoms in total. The van der Waals surface area contributed by atoms with Crippen molar-refractivity contribution in [2.24, 2.45) is 0 Å². The fourth-order valence-corrected chi connectivity index (χ4v) is 1.21. The zero-order chi connectivity index (χ0) is 10.6. The van der Waals surface area contributed by atoms with E-state index in [-0.39, 0.29) is 12.5 Å². The maximum Gasteiger partial charge on any atom is 0.270 e. The van der Waals surface area contributed by atoms with Gasteiger partial charge in [0.15, 0.2) is 0 Å². The first-order valence-corrected chi connectivity index (χ1v) is 4.97. The van der Waals surface area contributed by atoms with Gasteiger partial charge in [0.2, 0.25) is 0 Å². The van der Waals surface area contributed by atoms with Gasteiger partial charge in [-0.15, -0.1) is 0 Å². The van der Waals surface area contributed by atoms with Crippen molar-refractivity contribution in [1.29, 1.82) is 0 Å². The summed E-state index contributed by atoms with van der Waals surface area (Å²) in [5, 5.41) is 11.5. The molecule has 0 saturated carbocycles. The highest BCUT2D eigenvalue weighted by atomic mass is 79.9. The number of nitrogens with zero attached hydrogens (tertiary/aromatic N) is 1. The molecule has 0 fully saturated rings. The van der Waals surface area contributed by atoms with E-state index in [4.69, 9.17) is 5.11 Å². The molecular formula is C9H11BrN2O2. The Morgan fingerprint density at radius 2 is 2.43 bits per heavy atom. The second-order valence-corrected chi connectivity index (χ2v) is 3.72. The molecular weight excluding hydrogens is 248 g/mol. The molecule has 0 spiro atoms. The summed E-state index contributed by atoms with van der Waals surface area (Å²) in [7, 11) is 0. The summed E-state index contributed by atoms with van der Waals surface area (Å²) in [6.07, 6.45) is -0.550. The minimum atomic E-state index is -0.550. The van der Waals surface area contributed by atoms with E-state index in [1.54, 1.807) is 25.1 Å². The van der Waals surface area contributed by atoms with Crippen LogP contribution in [0.1, 0.15) is 17.4 Å². The number of rotatable bonds is 3. The Morgan fingerprint density at radius 3 is 3.00 bits per heavy atom. The molecule has 0 aliphatic heterocycles. The Bertz CT molecular complexity index is 328. The molecule has 1 heterocycles. The first-order valence-electron chi connectivity index (χ1n) is 4.18. The van der Waals surface area contributed by atoms with Gasteiger partial charge >= 0.3 is 0 Å². The molecule has 0 aliphatic carbocycles.